The topological polar surface area (TPSA) is 96.8 Å². The summed E-state index contributed by atoms with van der Waals surface area (Å²) in [5, 5.41) is 14.2. The summed E-state index contributed by atoms with van der Waals surface area (Å²) >= 11 is 5.59. The molecule has 1 amide bonds. The van der Waals surface area contributed by atoms with Crippen LogP contribution in [0.1, 0.15) is 37.9 Å². The summed E-state index contributed by atoms with van der Waals surface area (Å²) in [6, 6.07) is 14.1. The van der Waals surface area contributed by atoms with Crippen LogP contribution in [-0.4, -0.2) is 27.8 Å². The van der Waals surface area contributed by atoms with Crippen molar-refractivity contribution in [1.82, 2.24) is 9.99 Å². The normalized spacial score (nSPS) is 11.4. The van der Waals surface area contributed by atoms with E-state index in [1.807, 2.05) is 42.7 Å². The lowest BCUT2D eigenvalue weighted by Gasteiger charge is -2.10. The third-order valence-corrected chi connectivity index (χ3v) is 6.21. The molecule has 0 unspecified atom stereocenters. The average Bonchev–Trinajstić information content (AvgIpc) is 3.29. The lowest BCUT2D eigenvalue weighted by atomic mass is 10.2. The Hall–Kier alpha value is -2.92. The van der Waals surface area contributed by atoms with E-state index in [-0.39, 0.29) is 11.3 Å². The van der Waals surface area contributed by atoms with Gasteiger partial charge in [0.2, 0.25) is 0 Å². The van der Waals surface area contributed by atoms with E-state index in [1.165, 1.54) is 0 Å². The van der Waals surface area contributed by atoms with Crippen molar-refractivity contribution in [3.8, 4) is 5.69 Å². The number of rotatable bonds is 5. The number of carbonyl (C=O) groups excluding carboxylic acids is 1. The number of nitrogens with one attached hydrogen (secondary N) is 1. The second-order valence-electron chi connectivity index (χ2n) is 7.13. The largest absolute Gasteiger partial charge is 0.478 e. The molecule has 2 aromatic carbocycles. The minimum atomic E-state index is -0.980. The number of carboxylic acids is 1. The van der Waals surface area contributed by atoms with E-state index >= 15 is 0 Å². The number of hydrogen-bond acceptors (Lipinski definition) is 4. The van der Waals surface area contributed by atoms with Gasteiger partial charge in [-0.2, -0.15) is 5.10 Å². The first-order chi connectivity index (χ1) is 15.2. The monoisotopic (exact) mass is 605 g/mol. The smallest absolute Gasteiger partial charge is 0.335 e. The predicted octanol–water partition coefficient (Wildman–Crippen LogP) is 5.67. The minimum Gasteiger partial charge on any atom is -0.478 e. The summed E-state index contributed by atoms with van der Waals surface area (Å²) in [6.07, 6.45) is 1.56. The molecule has 0 saturated carbocycles. The third-order valence-electron chi connectivity index (χ3n) is 4.95. The number of amides is 1. The molecule has 2 heterocycles. The highest BCUT2D eigenvalue weighted by molar-refractivity contribution is 14.1. The van der Waals surface area contributed by atoms with Gasteiger partial charge in [-0.3, -0.25) is 4.79 Å². The SMILES string of the molecule is Cc1cc(/C=N\NC(=O)c2cc3cc(Br)cc(I)c3o2)c(C)n1-c1cccc(C(=O)O)c1. The molecule has 9 heteroatoms. The lowest BCUT2D eigenvalue weighted by Crippen LogP contribution is -2.16. The average molecular weight is 606 g/mol. The molecule has 0 aliphatic carbocycles. The van der Waals surface area contributed by atoms with E-state index in [2.05, 4.69) is 49.0 Å². The minimum absolute atomic E-state index is 0.170. The van der Waals surface area contributed by atoms with Crippen molar-refractivity contribution in [3.05, 3.63) is 84.8 Å². The first-order valence-corrected chi connectivity index (χ1v) is 11.4. The van der Waals surface area contributed by atoms with Crippen LogP contribution in [0.15, 0.2) is 62.5 Å². The Morgan fingerprint density at radius 1 is 1.19 bits per heavy atom. The first-order valence-electron chi connectivity index (χ1n) is 9.49. The van der Waals surface area contributed by atoms with E-state index in [4.69, 9.17) is 4.42 Å². The first kappa shape index (κ1) is 22.3. The van der Waals surface area contributed by atoms with Crippen LogP contribution in [0.4, 0.5) is 0 Å². The number of carbonyl (C=O) groups is 2. The molecule has 162 valence electrons. The Bertz CT molecular complexity index is 1400. The Morgan fingerprint density at radius 2 is 1.97 bits per heavy atom. The van der Waals surface area contributed by atoms with Gasteiger partial charge in [0.05, 0.1) is 15.3 Å². The van der Waals surface area contributed by atoms with E-state index in [0.29, 0.717) is 5.58 Å². The molecule has 0 bridgehead atoms. The highest BCUT2D eigenvalue weighted by Crippen LogP contribution is 2.28. The number of hydrogen-bond donors (Lipinski definition) is 2. The fraction of sp³-hybridized carbons (Fsp3) is 0.0870. The highest BCUT2D eigenvalue weighted by Gasteiger charge is 2.15. The van der Waals surface area contributed by atoms with Crippen molar-refractivity contribution in [3.63, 3.8) is 0 Å². The summed E-state index contributed by atoms with van der Waals surface area (Å²) < 4.78 is 9.43. The number of benzene rings is 2. The van der Waals surface area contributed by atoms with Crippen LogP contribution in [-0.2, 0) is 0 Å². The van der Waals surface area contributed by atoms with Gasteiger partial charge in [0.1, 0.15) is 5.58 Å². The van der Waals surface area contributed by atoms with Crippen molar-refractivity contribution in [2.24, 2.45) is 5.10 Å². The number of furan rings is 1. The molecule has 4 aromatic rings. The lowest BCUT2D eigenvalue weighted by molar-refractivity contribution is 0.0696. The Labute approximate surface area is 205 Å². The number of aromatic nitrogens is 1. The Morgan fingerprint density at radius 3 is 2.72 bits per heavy atom. The van der Waals surface area contributed by atoms with Gasteiger partial charge in [0.15, 0.2) is 5.76 Å². The van der Waals surface area contributed by atoms with Gasteiger partial charge in [-0.05, 0) is 78.9 Å². The van der Waals surface area contributed by atoms with Gasteiger partial charge < -0.3 is 14.1 Å². The van der Waals surface area contributed by atoms with Crippen LogP contribution in [0, 0.1) is 17.4 Å². The van der Waals surface area contributed by atoms with E-state index in [9.17, 15) is 14.7 Å². The van der Waals surface area contributed by atoms with Crippen molar-refractivity contribution >= 4 is 67.6 Å². The number of halogens is 2. The van der Waals surface area contributed by atoms with Crippen LogP contribution in [0.25, 0.3) is 16.7 Å². The quantitative estimate of drug-likeness (QED) is 0.174. The molecule has 0 saturated heterocycles. The van der Waals surface area contributed by atoms with Gasteiger partial charge in [-0.1, -0.05) is 22.0 Å². The fourth-order valence-electron chi connectivity index (χ4n) is 3.50. The Balaban J connectivity index is 1.55. The number of hydrazone groups is 1. The van der Waals surface area contributed by atoms with Crippen LogP contribution in [0.5, 0.6) is 0 Å². The maximum absolute atomic E-state index is 12.5. The maximum Gasteiger partial charge on any atom is 0.335 e. The molecule has 0 atom stereocenters. The molecular formula is C23H17BrIN3O4. The Kier molecular flexibility index (Phi) is 6.20. The molecule has 0 radical (unpaired) electrons. The van der Waals surface area contributed by atoms with Gasteiger partial charge in [0, 0.05) is 32.5 Å². The fourth-order valence-corrected chi connectivity index (χ4v) is 5.16. The van der Waals surface area contributed by atoms with Gasteiger partial charge in [-0.25, -0.2) is 10.2 Å². The second-order valence-corrected chi connectivity index (χ2v) is 9.21. The summed E-state index contributed by atoms with van der Waals surface area (Å²) in [6.45, 7) is 3.83. The number of carboxylic acid groups (broad SMARTS) is 1. The molecular weight excluding hydrogens is 589 g/mol. The molecule has 7 nitrogen and oxygen atoms in total. The van der Waals surface area contributed by atoms with Crippen molar-refractivity contribution in [2.75, 3.05) is 0 Å². The van der Waals surface area contributed by atoms with Gasteiger partial charge in [0.25, 0.3) is 0 Å². The van der Waals surface area contributed by atoms with Crippen LogP contribution < -0.4 is 5.43 Å². The summed E-state index contributed by atoms with van der Waals surface area (Å²) in [4.78, 5) is 23.8. The van der Waals surface area contributed by atoms with Gasteiger partial charge in [-0.15, -0.1) is 0 Å². The molecule has 2 aromatic heterocycles. The highest BCUT2D eigenvalue weighted by atomic mass is 127. The zero-order valence-corrected chi connectivity index (χ0v) is 20.8. The molecule has 0 aliphatic heterocycles. The third kappa shape index (κ3) is 4.35. The van der Waals surface area contributed by atoms with Crippen LogP contribution in [0.2, 0.25) is 0 Å². The number of nitrogens with zero attached hydrogens (tertiary/aromatic N) is 2. The van der Waals surface area contributed by atoms with E-state index in [1.54, 1.807) is 30.5 Å². The second kappa shape index (κ2) is 8.91. The zero-order valence-electron chi connectivity index (χ0n) is 17.0. The zero-order chi connectivity index (χ0) is 23.0. The standard InChI is InChI=1S/C23H17BrIN3O4/c1-12-6-16(13(2)28(12)18-5-3-4-14(8-18)23(30)31)11-26-27-22(29)20-9-15-7-17(24)10-19(25)21(15)32-20/h3-11H,1-2H3,(H,27,29)(H,30,31)/b26-11-. The van der Waals surface area contributed by atoms with Crippen molar-refractivity contribution in [1.29, 1.82) is 0 Å². The van der Waals surface area contributed by atoms with E-state index in [0.717, 1.165) is 36.1 Å². The molecule has 4 rings (SSSR count). The van der Waals surface area contributed by atoms with Crippen molar-refractivity contribution in [2.45, 2.75) is 13.8 Å². The maximum atomic E-state index is 12.5. The number of aromatic carboxylic acids is 1. The molecule has 0 aliphatic rings. The predicted molar refractivity (Wildman–Crippen MR) is 134 cm³/mol. The van der Waals surface area contributed by atoms with Crippen LogP contribution >= 0.6 is 38.5 Å². The summed E-state index contributed by atoms with van der Waals surface area (Å²) in [5.41, 5.74) is 6.68. The summed E-state index contributed by atoms with van der Waals surface area (Å²) in [7, 11) is 0. The van der Waals surface area contributed by atoms with Crippen molar-refractivity contribution < 1.29 is 19.1 Å². The molecule has 2 N–H and O–H groups in total. The molecule has 0 spiro atoms. The molecule has 0 fully saturated rings. The van der Waals surface area contributed by atoms with Gasteiger partial charge >= 0.3 is 11.9 Å². The number of aryl methyl sites for hydroxylation is 1. The molecule has 32 heavy (non-hydrogen) atoms. The summed E-state index contributed by atoms with van der Waals surface area (Å²) in [5.74, 6) is -1.26. The van der Waals surface area contributed by atoms with Crippen LogP contribution in [0.3, 0.4) is 0 Å². The van der Waals surface area contributed by atoms with E-state index < -0.39 is 11.9 Å². The number of fused-ring (bicyclic) bond motifs is 1.